The van der Waals surface area contributed by atoms with Crippen molar-refractivity contribution in [2.75, 3.05) is 10.6 Å². The van der Waals surface area contributed by atoms with Crippen molar-refractivity contribution in [2.45, 2.75) is 0 Å². The van der Waals surface area contributed by atoms with Gasteiger partial charge < -0.3 is 10.6 Å². The lowest BCUT2D eigenvalue weighted by Gasteiger charge is -2.11. The van der Waals surface area contributed by atoms with Crippen LogP contribution in [0.3, 0.4) is 0 Å². The number of rotatable bonds is 5. The van der Waals surface area contributed by atoms with Crippen molar-refractivity contribution in [3.8, 4) is 0 Å². The van der Waals surface area contributed by atoms with Crippen molar-refractivity contribution in [3.05, 3.63) is 74.8 Å². The van der Waals surface area contributed by atoms with Gasteiger partial charge in [0.1, 0.15) is 12.1 Å². The number of nitrogens with zero attached hydrogens (tertiary/aromatic N) is 3. The van der Waals surface area contributed by atoms with Crippen molar-refractivity contribution in [1.29, 1.82) is 0 Å². The number of nitrogens with one attached hydrogen (secondary N) is 2. The Labute approximate surface area is 157 Å². The van der Waals surface area contributed by atoms with Crippen molar-refractivity contribution in [2.24, 2.45) is 0 Å². The second-order valence-corrected chi connectivity index (χ2v) is 5.87. The normalized spacial score (nSPS) is 10.4. The van der Waals surface area contributed by atoms with Crippen LogP contribution in [0.1, 0.15) is 0 Å². The van der Waals surface area contributed by atoms with Gasteiger partial charge >= 0.3 is 5.69 Å². The number of benzene rings is 2. The van der Waals surface area contributed by atoms with Gasteiger partial charge in [0.2, 0.25) is 11.6 Å². The second kappa shape index (κ2) is 7.51. The minimum absolute atomic E-state index is 0.0461. The predicted octanol–water partition coefficient (Wildman–Crippen LogP) is 5.32. The molecule has 2 aromatic carbocycles. The van der Waals surface area contributed by atoms with E-state index in [0.717, 1.165) is 6.33 Å². The van der Waals surface area contributed by atoms with Gasteiger partial charge in [-0.25, -0.2) is 14.4 Å². The highest BCUT2D eigenvalue weighted by atomic mass is 35.5. The molecule has 0 unspecified atom stereocenters. The van der Waals surface area contributed by atoms with Crippen LogP contribution >= 0.6 is 23.2 Å². The summed E-state index contributed by atoms with van der Waals surface area (Å²) < 4.78 is 13.8. The summed E-state index contributed by atoms with van der Waals surface area (Å²) in [6.07, 6.45) is 1.11. The number of aromatic nitrogens is 2. The Hall–Kier alpha value is -2.97. The number of hydrogen-bond donors (Lipinski definition) is 2. The number of nitro groups is 1. The molecule has 2 N–H and O–H groups in total. The topological polar surface area (TPSA) is 93.0 Å². The van der Waals surface area contributed by atoms with Gasteiger partial charge in [-0.3, -0.25) is 10.1 Å². The molecule has 0 bridgehead atoms. The van der Waals surface area contributed by atoms with Crippen LogP contribution in [0.15, 0.2) is 48.8 Å². The number of anilines is 4. The summed E-state index contributed by atoms with van der Waals surface area (Å²) in [4.78, 5) is 18.6. The molecule has 0 atom stereocenters. The minimum atomic E-state index is -0.671. The first kappa shape index (κ1) is 17.8. The zero-order chi connectivity index (χ0) is 18.7. The third-order valence-electron chi connectivity index (χ3n) is 3.32. The smallest absolute Gasteiger partial charge is 0.333 e. The number of halogens is 3. The summed E-state index contributed by atoms with van der Waals surface area (Å²) in [5.41, 5.74) is -0.0405. The van der Waals surface area contributed by atoms with E-state index in [2.05, 4.69) is 20.6 Å². The highest BCUT2D eigenvalue weighted by Crippen LogP contribution is 2.35. The molecule has 1 aromatic heterocycles. The highest BCUT2D eigenvalue weighted by Gasteiger charge is 2.24. The summed E-state index contributed by atoms with van der Waals surface area (Å²) in [7, 11) is 0. The monoisotopic (exact) mass is 393 g/mol. The lowest BCUT2D eigenvalue weighted by atomic mass is 10.3. The third-order valence-corrected chi connectivity index (χ3v) is 3.86. The van der Waals surface area contributed by atoms with Gasteiger partial charge in [0.25, 0.3) is 0 Å². The third kappa shape index (κ3) is 3.81. The van der Waals surface area contributed by atoms with E-state index in [1.807, 2.05) is 0 Å². The molecule has 0 amide bonds. The van der Waals surface area contributed by atoms with Crippen LogP contribution in [0.4, 0.5) is 33.1 Å². The van der Waals surface area contributed by atoms with E-state index in [9.17, 15) is 14.5 Å². The van der Waals surface area contributed by atoms with Gasteiger partial charge in [-0.1, -0.05) is 35.3 Å². The molecule has 0 aliphatic rings. The predicted molar refractivity (Wildman–Crippen MR) is 98.1 cm³/mol. The van der Waals surface area contributed by atoms with Crippen LogP contribution in [-0.4, -0.2) is 14.9 Å². The van der Waals surface area contributed by atoms with Gasteiger partial charge in [0.05, 0.1) is 21.3 Å². The molecule has 1 heterocycles. The maximum Gasteiger partial charge on any atom is 0.353 e. The summed E-state index contributed by atoms with van der Waals surface area (Å²) in [5, 5.41) is 17.6. The Morgan fingerprint density at radius 3 is 2.27 bits per heavy atom. The number of hydrogen-bond acceptors (Lipinski definition) is 6. The first-order valence-electron chi connectivity index (χ1n) is 7.18. The SMILES string of the molecule is O=[N+]([O-])c1c(Nc2ccccc2F)ncnc1Nc1ccc(Cl)cc1Cl. The average Bonchev–Trinajstić information content (AvgIpc) is 2.59. The van der Waals surface area contributed by atoms with Gasteiger partial charge in [-0.2, -0.15) is 0 Å². The molecule has 0 fully saturated rings. The van der Waals surface area contributed by atoms with Gasteiger partial charge in [0, 0.05) is 5.02 Å². The van der Waals surface area contributed by atoms with E-state index in [-0.39, 0.29) is 22.3 Å². The van der Waals surface area contributed by atoms with E-state index >= 15 is 0 Å². The Morgan fingerprint density at radius 2 is 1.65 bits per heavy atom. The number of para-hydroxylation sites is 1. The Balaban J connectivity index is 2.01. The Morgan fingerprint density at radius 1 is 1.00 bits per heavy atom. The first-order chi connectivity index (χ1) is 12.5. The molecule has 3 aromatic rings. The Kier molecular flexibility index (Phi) is 5.15. The maximum absolute atomic E-state index is 13.8. The maximum atomic E-state index is 13.8. The summed E-state index contributed by atoms with van der Waals surface area (Å²) in [5.74, 6) is -0.841. The quantitative estimate of drug-likeness (QED) is 0.450. The zero-order valence-electron chi connectivity index (χ0n) is 12.9. The molecule has 0 aliphatic carbocycles. The summed E-state index contributed by atoms with van der Waals surface area (Å²) in [6.45, 7) is 0. The molecular weight excluding hydrogens is 384 g/mol. The van der Waals surface area contributed by atoms with Crippen molar-refractivity contribution >= 4 is 51.9 Å². The standard InChI is InChI=1S/C16H10Cl2FN5O2/c17-9-5-6-12(10(18)7-9)22-15-14(24(25)26)16(21-8-20-15)23-13-4-2-1-3-11(13)19/h1-8H,(H2,20,21,22,23). The van der Waals surface area contributed by atoms with Gasteiger partial charge in [-0.05, 0) is 30.3 Å². The van der Waals surface area contributed by atoms with Crippen LogP contribution in [0.2, 0.25) is 10.0 Å². The largest absolute Gasteiger partial charge is 0.353 e. The van der Waals surface area contributed by atoms with E-state index in [4.69, 9.17) is 23.2 Å². The van der Waals surface area contributed by atoms with Gasteiger partial charge in [0.15, 0.2) is 0 Å². The molecule has 0 spiro atoms. The lowest BCUT2D eigenvalue weighted by molar-refractivity contribution is -0.383. The molecule has 10 heteroatoms. The second-order valence-electron chi connectivity index (χ2n) is 5.03. The lowest BCUT2D eigenvalue weighted by Crippen LogP contribution is -2.06. The van der Waals surface area contributed by atoms with Crippen LogP contribution in [-0.2, 0) is 0 Å². The fourth-order valence-corrected chi connectivity index (χ4v) is 2.60. The van der Waals surface area contributed by atoms with E-state index in [1.165, 1.54) is 24.3 Å². The van der Waals surface area contributed by atoms with Crippen LogP contribution in [0.25, 0.3) is 0 Å². The summed E-state index contributed by atoms with van der Waals surface area (Å²) in [6, 6.07) is 10.4. The van der Waals surface area contributed by atoms with Crippen LogP contribution in [0.5, 0.6) is 0 Å². The van der Waals surface area contributed by atoms with E-state index < -0.39 is 16.4 Å². The zero-order valence-corrected chi connectivity index (χ0v) is 14.4. The van der Waals surface area contributed by atoms with Gasteiger partial charge in [-0.15, -0.1) is 0 Å². The molecular formula is C16H10Cl2FN5O2. The van der Waals surface area contributed by atoms with Crippen LogP contribution < -0.4 is 10.6 Å². The molecule has 0 aliphatic heterocycles. The fourth-order valence-electron chi connectivity index (χ4n) is 2.14. The molecule has 0 radical (unpaired) electrons. The highest BCUT2D eigenvalue weighted by molar-refractivity contribution is 6.36. The molecule has 132 valence electrons. The molecule has 7 nitrogen and oxygen atoms in total. The first-order valence-corrected chi connectivity index (χ1v) is 7.94. The molecule has 0 saturated carbocycles. The van der Waals surface area contributed by atoms with Crippen LogP contribution in [0, 0.1) is 15.9 Å². The van der Waals surface area contributed by atoms with E-state index in [1.54, 1.807) is 18.2 Å². The average molecular weight is 394 g/mol. The fraction of sp³-hybridized carbons (Fsp3) is 0. The van der Waals surface area contributed by atoms with Crippen molar-refractivity contribution < 1.29 is 9.31 Å². The molecule has 0 saturated heterocycles. The van der Waals surface area contributed by atoms with Crippen molar-refractivity contribution in [1.82, 2.24) is 9.97 Å². The molecule has 26 heavy (non-hydrogen) atoms. The van der Waals surface area contributed by atoms with Crippen molar-refractivity contribution in [3.63, 3.8) is 0 Å². The Bertz CT molecular complexity index is 987. The molecule has 3 rings (SSSR count). The van der Waals surface area contributed by atoms with E-state index in [0.29, 0.717) is 10.7 Å². The minimum Gasteiger partial charge on any atom is -0.333 e. The summed E-state index contributed by atoms with van der Waals surface area (Å²) >= 11 is 11.9.